The number of carbonyl (C=O) groups is 2. The second-order valence-electron chi connectivity index (χ2n) is 6.46. The summed E-state index contributed by atoms with van der Waals surface area (Å²) in [5.41, 5.74) is 3.04. The number of aliphatic carboxylic acids is 1. The number of anilines is 1. The second-order valence-corrected chi connectivity index (χ2v) is 6.46. The van der Waals surface area contributed by atoms with Crippen LogP contribution < -0.4 is 5.32 Å². The minimum atomic E-state index is -0.755. The van der Waals surface area contributed by atoms with Crippen molar-refractivity contribution in [3.63, 3.8) is 0 Å². The number of carbonyl (C=O) groups excluding carboxylic acids is 1. The molecule has 22 heavy (non-hydrogen) atoms. The number of hydrogen-bond acceptors (Lipinski definition) is 4. The highest BCUT2D eigenvalue weighted by molar-refractivity contribution is 5.98. The first kappa shape index (κ1) is 15.0. The SMILES string of the molecule is CC1Cc2cc(C(=O)CN3CCCC(C(=O)O)C3)ccc2N1. The molecule has 5 nitrogen and oxygen atoms in total. The number of carboxylic acids is 1. The molecule has 1 aromatic rings. The molecule has 118 valence electrons. The van der Waals surface area contributed by atoms with Crippen LogP contribution >= 0.6 is 0 Å². The number of nitrogens with one attached hydrogen (secondary N) is 1. The lowest BCUT2D eigenvalue weighted by Gasteiger charge is -2.29. The molecule has 2 heterocycles. The van der Waals surface area contributed by atoms with Crippen molar-refractivity contribution in [3.05, 3.63) is 29.3 Å². The molecule has 0 amide bonds. The summed E-state index contributed by atoms with van der Waals surface area (Å²) < 4.78 is 0. The normalized spacial score (nSPS) is 24.6. The van der Waals surface area contributed by atoms with Gasteiger partial charge >= 0.3 is 5.97 Å². The van der Waals surface area contributed by atoms with Gasteiger partial charge in [0.2, 0.25) is 0 Å². The molecular formula is C17H22N2O3. The Morgan fingerprint density at radius 1 is 1.41 bits per heavy atom. The Kier molecular flexibility index (Phi) is 4.16. The molecule has 0 aliphatic carbocycles. The van der Waals surface area contributed by atoms with E-state index in [1.54, 1.807) is 0 Å². The van der Waals surface area contributed by atoms with Crippen molar-refractivity contribution in [2.75, 3.05) is 25.0 Å². The minimum Gasteiger partial charge on any atom is -0.481 e. The van der Waals surface area contributed by atoms with Crippen LogP contribution in [0.3, 0.4) is 0 Å². The Bertz CT molecular complexity index is 600. The Morgan fingerprint density at radius 3 is 3.00 bits per heavy atom. The first-order valence-corrected chi connectivity index (χ1v) is 7.91. The third-order valence-corrected chi connectivity index (χ3v) is 4.58. The van der Waals surface area contributed by atoms with Gasteiger partial charge in [0.1, 0.15) is 0 Å². The van der Waals surface area contributed by atoms with Crippen molar-refractivity contribution >= 4 is 17.4 Å². The van der Waals surface area contributed by atoms with E-state index in [9.17, 15) is 9.59 Å². The summed E-state index contributed by atoms with van der Waals surface area (Å²) in [6, 6.07) is 6.23. The van der Waals surface area contributed by atoms with Crippen molar-refractivity contribution in [3.8, 4) is 0 Å². The van der Waals surface area contributed by atoms with E-state index in [0.29, 0.717) is 25.6 Å². The van der Waals surface area contributed by atoms with Crippen LogP contribution in [0.1, 0.15) is 35.7 Å². The monoisotopic (exact) mass is 302 g/mol. The maximum Gasteiger partial charge on any atom is 0.307 e. The standard InChI is InChI=1S/C17H22N2O3/c1-11-7-14-8-12(4-5-15(14)18-11)16(20)10-19-6-2-3-13(9-19)17(21)22/h4-5,8,11,13,18H,2-3,6-7,9-10H2,1H3,(H,21,22). The lowest BCUT2D eigenvalue weighted by molar-refractivity contribution is -0.143. The van der Waals surface area contributed by atoms with Crippen LogP contribution in [0.2, 0.25) is 0 Å². The number of ketones is 1. The van der Waals surface area contributed by atoms with Gasteiger partial charge in [-0.15, -0.1) is 0 Å². The fourth-order valence-corrected chi connectivity index (χ4v) is 3.42. The second kappa shape index (κ2) is 6.08. The van der Waals surface area contributed by atoms with Crippen molar-refractivity contribution < 1.29 is 14.7 Å². The largest absolute Gasteiger partial charge is 0.481 e. The van der Waals surface area contributed by atoms with Crippen molar-refractivity contribution in [2.45, 2.75) is 32.2 Å². The van der Waals surface area contributed by atoms with E-state index in [1.807, 2.05) is 23.1 Å². The van der Waals surface area contributed by atoms with Gasteiger partial charge < -0.3 is 10.4 Å². The summed E-state index contributed by atoms with van der Waals surface area (Å²) in [5, 5.41) is 12.5. The number of rotatable bonds is 4. The number of piperidine rings is 1. The summed E-state index contributed by atoms with van der Waals surface area (Å²) in [4.78, 5) is 25.5. The predicted molar refractivity (Wildman–Crippen MR) is 84.4 cm³/mol. The summed E-state index contributed by atoms with van der Waals surface area (Å²) in [6.45, 7) is 3.72. The third kappa shape index (κ3) is 3.14. The first-order valence-electron chi connectivity index (χ1n) is 7.91. The Labute approximate surface area is 130 Å². The van der Waals surface area contributed by atoms with Crippen LogP contribution in [0.5, 0.6) is 0 Å². The topological polar surface area (TPSA) is 69.6 Å². The van der Waals surface area contributed by atoms with Crippen molar-refractivity contribution in [2.24, 2.45) is 5.92 Å². The van der Waals surface area contributed by atoms with Crippen LogP contribution in [0.25, 0.3) is 0 Å². The van der Waals surface area contributed by atoms with Crippen LogP contribution in [-0.4, -0.2) is 47.4 Å². The molecule has 1 aromatic carbocycles. The van der Waals surface area contributed by atoms with E-state index in [2.05, 4.69) is 12.2 Å². The average molecular weight is 302 g/mol. The first-order chi connectivity index (χ1) is 10.5. The van der Waals surface area contributed by atoms with E-state index >= 15 is 0 Å². The number of hydrogen-bond donors (Lipinski definition) is 2. The average Bonchev–Trinajstić information content (AvgIpc) is 2.86. The molecule has 2 atom stereocenters. The fraction of sp³-hybridized carbons (Fsp3) is 0.529. The Morgan fingerprint density at radius 2 is 2.23 bits per heavy atom. The Balaban J connectivity index is 1.65. The summed E-state index contributed by atoms with van der Waals surface area (Å²) in [5.74, 6) is -1.02. The summed E-state index contributed by atoms with van der Waals surface area (Å²) in [7, 11) is 0. The highest BCUT2D eigenvalue weighted by Crippen LogP contribution is 2.27. The maximum absolute atomic E-state index is 12.5. The molecule has 2 unspecified atom stereocenters. The number of fused-ring (bicyclic) bond motifs is 1. The van der Waals surface area contributed by atoms with E-state index in [0.717, 1.165) is 30.6 Å². The van der Waals surface area contributed by atoms with Gasteiger partial charge in [0, 0.05) is 23.8 Å². The minimum absolute atomic E-state index is 0.0772. The van der Waals surface area contributed by atoms with Crippen LogP contribution in [-0.2, 0) is 11.2 Å². The van der Waals surface area contributed by atoms with E-state index < -0.39 is 5.97 Å². The van der Waals surface area contributed by atoms with Crippen molar-refractivity contribution in [1.82, 2.24) is 4.90 Å². The lowest BCUT2D eigenvalue weighted by atomic mass is 9.97. The molecular weight excluding hydrogens is 280 g/mol. The van der Waals surface area contributed by atoms with Crippen molar-refractivity contribution in [1.29, 1.82) is 0 Å². The molecule has 2 N–H and O–H groups in total. The van der Waals surface area contributed by atoms with Gasteiger partial charge in [-0.1, -0.05) is 0 Å². The molecule has 1 fully saturated rings. The Hall–Kier alpha value is -1.88. The van der Waals surface area contributed by atoms with Crippen LogP contribution in [0.4, 0.5) is 5.69 Å². The number of benzene rings is 1. The number of carboxylic acid groups (broad SMARTS) is 1. The van der Waals surface area contributed by atoms with E-state index in [-0.39, 0.29) is 11.7 Å². The molecule has 0 aromatic heterocycles. The highest BCUT2D eigenvalue weighted by Gasteiger charge is 2.27. The maximum atomic E-state index is 12.5. The van der Waals surface area contributed by atoms with E-state index in [4.69, 9.17) is 5.11 Å². The van der Waals surface area contributed by atoms with Gasteiger partial charge in [-0.2, -0.15) is 0 Å². The summed E-state index contributed by atoms with van der Waals surface area (Å²) >= 11 is 0. The predicted octanol–water partition coefficient (Wildman–Crippen LogP) is 2.02. The number of nitrogens with zero attached hydrogens (tertiary/aromatic N) is 1. The quantitative estimate of drug-likeness (QED) is 0.833. The van der Waals surface area contributed by atoms with E-state index in [1.165, 1.54) is 5.56 Å². The molecule has 0 radical (unpaired) electrons. The van der Waals surface area contributed by atoms with Gasteiger partial charge in [-0.3, -0.25) is 14.5 Å². The molecule has 2 aliphatic rings. The van der Waals surface area contributed by atoms with Crippen LogP contribution in [0, 0.1) is 5.92 Å². The van der Waals surface area contributed by atoms with Gasteiger partial charge in [0.05, 0.1) is 12.5 Å². The molecule has 2 aliphatic heterocycles. The molecule has 0 spiro atoms. The summed E-state index contributed by atoms with van der Waals surface area (Å²) in [6.07, 6.45) is 2.50. The van der Waals surface area contributed by atoms with Crippen LogP contribution in [0.15, 0.2) is 18.2 Å². The number of likely N-dealkylation sites (tertiary alicyclic amines) is 1. The zero-order valence-corrected chi connectivity index (χ0v) is 12.8. The zero-order valence-electron chi connectivity index (χ0n) is 12.8. The molecule has 0 bridgehead atoms. The molecule has 5 heteroatoms. The van der Waals surface area contributed by atoms with Gasteiger partial charge in [0.15, 0.2) is 5.78 Å². The van der Waals surface area contributed by atoms with Gasteiger partial charge in [-0.25, -0.2) is 0 Å². The fourth-order valence-electron chi connectivity index (χ4n) is 3.42. The number of Topliss-reactive ketones (excluding diaryl/α,β-unsaturated/α-hetero) is 1. The lowest BCUT2D eigenvalue weighted by Crippen LogP contribution is -2.41. The smallest absolute Gasteiger partial charge is 0.307 e. The molecule has 1 saturated heterocycles. The van der Waals surface area contributed by atoms with Gasteiger partial charge in [-0.05, 0) is 56.5 Å². The highest BCUT2D eigenvalue weighted by atomic mass is 16.4. The van der Waals surface area contributed by atoms with Gasteiger partial charge in [0.25, 0.3) is 0 Å². The molecule has 0 saturated carbocycles. The molecule has 3 rings (SSSR count). The zero-order chi connectivity index (χ0) is 15.7. The third-order valence-electron chi connectivity index (χ3n) is 4.58.